The second kappa shape index (κ2) is 6.12. The summed E-state index contributed by atoms with van der Waals surface area (Å²) in [5.74, 6) is -1.33. The van der Waals surface area contributed by atoms with Crippen LogP contribution in [0, 0.1) is 0 Å². The summed E-state index contributed by atoms with van der Waals surface area (Å²) in [7, 11) is -3.71. The molecule has 2 N–H and O–H groups in total. The highest BCUT2D eigenvalue weighted by Gasteiger charge is 2.31. The van der Waals surface area contributed by atoms with Crippen molar-refractivity contribution in [2.24, 2.45) is 0 Å². The molecule has 2 heterocycles. The van der Waals surface area contributed by atoms with Gasteiger partial charge in [0.05, 0.1) is 4.90 Å². The van der Waals surface area contributed by atoms with E-state index in [1.54, 1.807) is 0 Å². The molecule has 1 aromatic heterocycles. The average molecular weight is 332 g/mol. The zero-order valence-corrected chi connectivity index (χ0v) is 13.0. The number of nitrogens with zero attached hydrogens (tertiary/aromatic N) is 1. The first-order valence-electron chi connectivity index (χ1n) is 6.40. The Kier molecular flexibility index (Phi) is 4.64. The normalized spacial score (nSPS) is 20.1. The lowest BCUT2D eigenvalue weighted by molar-refractivity contribution is -0.119. The molecule has 1 aromatic rings. The highest BCUT2D eigenvalue weighted by molar-refractivity contribution is 7.89. The number of carboxylic acid groups (broad SMARTS) is 1. The third-order valence-corrected chi connectivity index (χ3v) is 6.13. The van der Waals surface area contributed by atoms with E-state index in [9.17, 15) is 18.0 Å². The third kappa shape index (κ3) is 3.60. The molecule has 1 amide bonds. The SMILES string of the molecule is CC(=O)NC1CCCN(S(=O)(=O)c2csc(C(=O)O)c2)C1. The number of carboxylic acids is 1. The van der Waals surface area contributed by atoms with E-state index in [0.29, 0.717) is 13.0 Å². The lowest BCUT2D eigenvalue weighted by atomic mass is 10.1. The predicted molar refractivity (Wildman–Crippen MR) is 76.9 cm³/mol. The van der Waals surface area contributed by atoms with E-state index in [-0.39, 0.29) is 28.3 Å². The number of hydrogen-bond donors (Lipinski definition) is 2. The van der Waals surface area contributed by atoms with Crippen molar-refractivity contribution in [3.05, 3.63) is 16.3 Å². The van der Waals surface area contributed by atoms with E-state index in [0.717, 1.165) is 17.8 Å². The maximum atomic E-state index is 12.5. The monoisotopic (exact) mass is 332 g/mol. The van der Waals surface area contributed by atoms with E-state index < -0.39 is 16.0 Å². The molecule has 21 heavy (non-hydrogen) atoms. The number of amides is 1. The van der Waals surface area contributed by atoms with Crippen LogP contribution in [0.2, 0.25) is 0 Å². The molecule has 0 saturated carbocycles. The second-order valence-electron chi connectivity index (χ2n) is 4.85. The van der Waals surface area contributed by atoms with Crippen molar-refractivity contribution in [3.8, 4) is 0 Å². The number of hydrogen-bond acceptors (Lipinski definition) is 5. The van der Waals surface area contributed by atoms with Crippen molar-refractivity contribution < 1.29 is 23.1 Å². The van der Waals surface area contributed by atoms with Crippen LogP contribution in [0.3, 0.4) is 0 Å². The molecule has 9 heteroatoms. The van der Waals surface area contributed by atoms with Crippen molar-refractivity contribution in [3.63, 3.8) is 0 Å². The fourth-order valence-electron chi connectivity index (χ4n) is 2.28. The van der Waals surface area contributed by atoms with E-state index in [1.165, 1.54) is 22.7 Å². The van der Waals surface area contributed by atoms with Crippen LogP contribution in [0.15, 0.2) is 16.3 Å². The van der Waals surface area contributed by atoms with Gasteiger partial charge < -0.3 is 10.4 Å². The molecule has 1 fully saturated rings. The summed E-state index contributed by atoms with van der Waals surface area (Å²) in [6.45, 7) is 1.97. The first-order chi connectivity index (χ1) is 9.80. The number of rotatable bonds is 4. The maximum absolute atomic E-state index is 12.5. The van der Waals surface area contributed by atoms with Crippen LogP contribution in [0.25, 0.3) is 0 Å². The summed E-state index contributed by atoms with van der Waals surface area (Å²) in [6, 6.07) is 0.966. The lowest BCUT2D eigenvalue weighted by Gasteiger charge is -2.31. The first kappa shape index (κ1) is 15.9. The molecule has 1 atom stereocenters. The van der Waals surface area contributed by atoms with Crippen LogP contribution in [-0.4, -0.2) is 48.8 Å². The largest absolute Gasteiger partial charge is 0.477 e. The van der Waals surface area contributed by atoms with Gasteiger partial charge in [-0.15, -0.1) is 11.3 Å². The maximum Gasteiger partial charge on any atom is 0.345 e. The van der Waals surface area contributed by atoms with Crippen molar-refractivity contribution >= 4 is 33.2 Å². The Morgan fingerprint density at radius 1 is 1.48 bits per heavy atom. The Balaban J connectivity index is 2.18. The van der Waals surface area contributed by atoms with Crippen molar-refractivity contribution in [2.75, 3.05) is 13.1 Å². The second-order valence-corrected chi connectivity index (χ2v) is 7.70. The summed E-state index contributed by atoms with van der Waals surface area (Å²) in [6.07, 6.45) is 1.38. The summed E-state index contributed by atoms with van der Waals surface area (Å²) in [5, 5.41) is 12.9. The van der Waals surface area contributed by atoms with Gasteiger partial charge in [0, 0.05) is 31.4 Å². The Labute approximate surface area is 126 Å². The van der Waals surface area contributed by atoms with Crippen LogP contribution >= 0.6 is 11.3 Å². The van der Waals surface area contributed by atoms with Gasteiger partial charge in [0.25, 0.3) is 0 Å². The standard InChI is InChI=1S/C12H16N2O5S2/c1-8(15)13-9-3-2-4-14(6-9)21(18,19)10-5-11(12(16)17)20-7-10/h5,7,9H,2-4,6H2,1H3,(H,13,15)(H,16,17). The zero-order chi connectivity index (χ0) is 15.6. The van der Waals surface area contributed by atoms with Crippen LogP contribution in [0.4, 0.5) is 0 Å². The van der Waals surface area contributed by atoms with Crippen LogP contribution in [0.1, 0.15) is 29.4 Å². The topological polar surface area (TPSA) is 104 Å². The minimum Gasteiger partial charge on any atom is -0.477 e. The van der Waals surface area contributed by atoms with Gasteiger partial charge in [-0.2, -0.15) is 4.31 Å². The van der Waals surface area contributed by atoms with E-state index in [1.807, 2.05) is 0 Å². The molecule has 7 nitrogen and oxygen atoms in total. The lowest BCUT2D eigenvalue weighted by Crippen LogP contribution is -2.49. The molecule has 1 saturated heterocycles. The summed E-state index contributed by atoms with van der Waals surface area (Å²) < 4.78 is 26.3. The van der Waals surface area contributed by atoms with Gasteiger partial charge in [-0.05, 0) is 18.9 Å². The molecule has 0 aromatic carbocycles. The minimum absolute atomic E-state index is 0.00613. The molecule has 0 radical (unpaired) electrons. The van der Waals surface area contributed by atoms with Gasteiger partial charge in [0.15, 0.2) is 0 Å². The fraction of sp³-hybridized carbons (Fsp3) is 0.500. The molecule has 1 aliphatic heterocycles. The third-order valence-electron chi connectivity index (χ3n) is 3.22. The van der Waals surface area contributed by atoms with Crippen molar-refractivity contribution in [1.82, 2.24) is 9.62 Å². The number of thiophene rings is 1. The number of carbonyl (C=O) groups is 2. The Hall–Kier alpha value is -1.45. The van der Waals surface area contributed by atoms with Crippen LogP contribution in [0.5, 0.6) is 0 Å². The van der Waals surface area contributed by atoms with E-state index in [4.69, 9.17) is 5.11 Å². The number of carbonyl (C=O) groups excluding carboxylic acids is 1. The molecule has 0 spiro atoms. The molecule has 1 unspecified atom stereocenters. The van der Waals surface area contributed by atoms with E-state index >= 15 is 0 Å². The Bertz CT molecular complexity index is 652. The molecule has 0 aliphatic carbocycles. The van der Waals surface area contributed by atoms with E-state index in [2.05, 4.69) is 5.32 Å². The molecule has 0 bridgehead atoms. The molecule has 116 valence electrons. The summed E-state index contributed by atoms with van der Waals surface area (Å²) in [5.41, 5.74) is 0. The van der Waals surface area contributed by atoms with Gasteiger partial charge in [0.2, 0.25) is 15.9 Å². The van der Waals surface area contributed by atoms with Gasteiger partial charge >= 0.3 is 5.97 Å². The number of piperidine rings is 1. The molecule has 2 rings (SSSR count). The smallest absolute Gasteiger partial charge is 0.345 e. The van der Waals surface area contributed by atoms with Crippen molar-refractivity contribution in [2.45, 2.75) is 30.7 Å². The predicted octanol–water partition coefficient (Wildman–Crippen LogP) is 0.735. The van der Waals surface area contributed by atoms with Crippen LogP contribution in [-0.2, 0) is 14.8 Å². The van der Waals surface area contributed by atoms with Gasteiger partial charge in [-0.1, -0.05) is 0 Å². The molecular weight excluding hydrogens is 316 g/mol. The highest BCUT2D eigenvalue weighted by atomic mass is 32.2. The number of aromatic carboxylic acids is 1. The zero-order valence-electron chi connectivity index (χ0n) is 11.4. The minimum atomic E-state index is -3.71. The Morgan fingerprint density at radius 2 is 2.19 bits per heavy atom. The summed E-state index contributed by atoms with van der Waals surface area (Å²) in [4.78, 5) is 21.9. The van der Waals surface area contributed by atoms with Crippen LogP contribution < -0.4 is 5.32 Å². The highest BCUT2D eigenvalue weighted by Crippen LogP contribution is 2.25. The summed E-state index contributed by atoms with van der Waals surface area (Å²) >= 11 is 0.885. The number of nitrogens with one attached hydrogen (secondary N) is 1. The van der Waals surface area contributed by atoms with Crippen molar-refractivity contribution in [1.29, 1.82) is 0 Å². The van der Waals surface area contributed by atoms with Gasteiger partial charge in [-0.3, -0.25) is 4.79 Å². The quantitative estimate of drug-likeness (QED) is 0.846. The van der Waals surface area contributed by atoms with Gasteiger partial charge in [-0.25, -0.2) is 13.2 Å². The number of sulfonamides is 1. The average Bonchev–Trinajstić information content (AvgIpc) is 2.88. The molecular formula is C12H16N2O5S2. The first-order valence-corrected chi connectivity index (χ1v) is 8.72. The Morgan fingerprint density at radius 3 is 2.76 bits per heavy atom. The fourth-order valence-corrected chi connectivity index (χ4v) is 4.90. The molecule has 1 aliphatic rings. The van der Waals surface area contributed by atoms with Gasteiger partial charge in [0.1, 0.15) is 4.88 Å².